The molecule has 1 aromatic rings. The summed E-state index contributed by atoms with van der Waals surface area (Å²) >= 11 is 3.25. The first-order chi connectivity index (χ1) is 9.27. The van der Waals surface area contributed by atoms with E-state index in [4.69, 9.17) is 5.14 Å². The van der Waals surface area contributed by atoms with Gasteiger partial charge in [0.2, 0.25) is 10.0 Å². The highest BCUT2D eigenvalue weighted by Crippen LogP contribution is 2.47. The van der Waals surface area contributed by atoms with Gasteiger partial charge in [0.1, 0.15) is 0 Å². The second kappa shape index (κ2) is 5.46. The number of sulfonamides is 1. The van der Waals surface area contributed by atoms with Gasteiger partial charge in [0.15, 0.2) is 0 Å². The van der Waals surface area contributed by atoms with E-state index in [-0.39, 0.29) is 21.8 Å². The molecule has 5 nitrogen and oxygen atoms in total. The number of hydrogen-bond donors (Lipinski definition) is 2. The lowest BCUT2D eigenvalue weighted by Gasteiger charge is -2.14. The quantitative estimate of drug-likeness (QED) is 0.841. The summed E-state index contributed by atoms with van der Waals surface area (Å²) in [5.41, 5.74) is 0.517. The maximum atomic E-state index is 12.2. The van der Waals surface area contributed by atoms with Crippen molar-refractivity contribution < 1.29 is 13.2 Å². The number of primary sulfonamides is 1. The van der Waals surface area contributed by atoms with Crippen LogP contribution in [-0.2, 0) is 10.0 Å². The number of nitrogens with one attached hydrogen (secondary N) is 1. The van der Waals surface area contributed by atoms with Crippen LogP contribution in [0.3, 0.4) is 0 Å². The van der Waals surface area contributed by atoms with Gasteiger partial charge < -0.3 is 5.32 Å². The fourth-order valence-corrected chi connectivity index (χ4v) is 3.02. The molecule has 0 atom stereocenters. The van der Waals surface area contributed by atoms with E-state index in [1.807, 2.05) is 0 Å². The molecule has 0 radical (unpaired) electrons. The summed E-state index contributed by atoms with van der Waals surface area (Å²) < 4.78 is 23.2. The molecule has 20 heavy (non-hydrogen) atoms. The van der Waals surface area contributed by atoms with E-state index in [1.165, 1.54) is 18.2 Å². The largest absolute Gasteiger partial charge is 0.351 e. The lowest BCUT2D eigenvalue weighted by atomic mass is 10.0. The molecule has 1 fully saturated rings. The number of rotatable bonds is 5. The summed E-state index contributed by atoms with van der Waals surface area (Å²) in [5, 5.41) is 7.94. The van der Waals surface area contributed by atoms with Crippen molar-refractivity contribution in [1.82, 2.24) is 5.32 Å². The first kappa shape index (κ1) is 15.5. The minimum Gasteiger partial charge on any atom is -0.351 e. The molecule has 0 aromatic heterocycles. The standard InChI is InChI=1S/C13H17BrN2O3S/c1-2-13(5-6-13)8-16-12(17)10-7-9(20(15,18)19)3-4-11(10)14/h3-4,7H,2,5-6,8H2,1H3,(H,16,17)(H2,15,18,19). The van der Waals surface area contributed by atoms with Crippen molar-refractivity contribution in [2.24, 2.45) is 10.6 Å². The predicted octanol–water partition coefficient (Wildman–Crippen LogP) is 2.02. The zero-order valence-electron chi connectivity index (χ0n) is 11.1. The fraction of sp³-hybridized carbons (Fsp3) is 0.462. The monoisotopic (exact) mass is 360 g/mol. The van der Waals surface area contributed by atoms with Gasteiger partial charge in [-0.2, -0.15) is 0 Å². The van der Waals surface area contributed by atoms with Crippen LogP contribution in [0.15, 0.2) is 27.6 Å². The maximum absolute atomic E-state index is 12.2. The van der Waals surface area contributed by atoms with Gasteiger partial charge in [0.25, 0.3) is 5.91 Å². The molecule has 0 aliphatic heterocycles. The highest BCUT2D eigenvalue weighted by molar-refractivity contribution is 9.10. The molecule has 0 unspecified atom stereocenters. The van der Waals surface area contributed by atoms with Crippen molar-refractivity contribution in [1.29, 1.82) is 0 Å². The second-order valence-electron chi connectivity index (χ2n) is 5.22. The van der Waals surface area contributed by atoms with E-state index in [2.05, 4.69) is 28.2 Å². The lowest BCUT2D eigenvalue weighted by molar-refractivity contribution is 0.0943. The van der Waals surface area contributed by atoms with Crippen LogP contribution in [0.4, 0.5) is 0 Å². The van der Waals surface area contributed by atoms with Crippen LogP contribution < -0.4 is 10.5 Å². The summed E-state index contributed by atoms with van der Waals surface area (Å²) in [6, 6.07) is 4.17. The Morgan fingerprint density at radius 2 is 2.10 bits per heavy atom. The Bertz CT molecular complexity index is 639. The fourth-order valence-electron chi connectivity index (χ4n) is 2.05. The van der Waals surface area contributed by atoms with E-state index in [9.17, 15) is 13.2 Å². The highest BCUT2D eigenvalue weighted by atomic mass is 79.9. The molecule has 0 spiro atoms. The first-order valence-electron chi connectivity index (χ1n) is 6.38. The van der Waals surface area contributed by atoms with E-state index >= 15 is 0 Å². The summed E-state index contributed by atoms with van der Waals surface area (Å²) in [6.45, 7) is 2.73. The Morgan fingerprint density at radius 1 is 1.45 bits per heavy atom. The van der Waals surface area contributed by atoms with Gasteiger partial charge in [-0.05, 0) is 58.8 Å². The topological polar surface area (TPSA) is 89.3 Å². The number of nitrogens with two attached hydrogens (primary N) is 1. The van der Waals surface area contributed by atoms with Gasteiger partial charge in [-0.25, -0.2) is 13.6 Å². The highest BCUT2D eigenvalue weighted by Gasteiger charge is 2.40. The van der Waals surface area contributed by atoms with Gasteiger partial charge in [-0.3, -0.25) is 4.79 Å². The molecule has 0 heterocycles. The van der Waals surface area contributed by atoms with Crippen LogP contribution >= 0.6 is 15.9 Å². The van der Waals surface area contributed by atoms with E-state index in [0.717, 1.165) is 19.3 Å². The normalized spacial score (nSPS) is 16.8. The molecule has 7 heteroatoms. The van der Waals surface area contributed by atoms with Gasteiger partial charge in [0.05, 0.1) is 10.5 Å². The predicted molar refractivity (Wildman–Crippen MR) is 79.8 cm³/mol. The summed E-state index contributed by atoms with van der Waals surface area (Å²) in [4.78, 5) is 12.1. The maximum Gasteiger partial charge on any atom is 0.252 e. The Kier molecular flexibility index (Phi) is 4.22. The SMILES string of the molecule is CCC1(CNC(=O)c2cc(S(N)(=O)=O)ccc2Br)CC1. The van der Waals surface area contributed by atoms with Gasteiger partial charge in [-0.1, -0.05) is 6.92 Å². The molecule has 1 amide bonds. The van der Waals surface area contributed by atoms with E-state index in [1.54, 1.807) is 0 Å². The average molecular weight is 361 g/mol. The Balaban J connectivity index is 2.17. The number of halogens is 1. The summed E-state index contributed by atoms with van der Waals surface area (Å²) in [6.07, 6.45) is 3.29. The average Bonchev–Trinajstić information content (AvgIpc) is 3.16. The molecule has 0 bridgehead atoms. The molecule has 3 N–H and O–H groups in total. The summed E-state index contributed by atoms with van der Waals surface area (Å²) in [7, 11) is -3.81. The second-order valence-corrected chi connectivity index (χ2v) is 7.64. The van der Waals surface area contributed by atoms with E-state index < -0.39 is 10.0 Å². The first-order valence-corrected chi connectivity index (χ1v) is 8.72. The molecule has 0 saturated heterocycles. The van der Waals surface area contributed by atoms with Crippen LogP contribution in [0.25, 0.3) is 0 Å². The van der Waals surface area contributed by atoms with Crippen molar-refractivity contribution in [3.63, 3.8) is 0 Å². The van der Waals surface area contributed by atoms with Crippen LogP contribution in [-0.4, -0.2) is 20.9 Å². The van der Waals surface area contributed by atoms with Crippen LogP contribution in [0.1, 0.15) is 36.5 Å². The van der Waals surface area contributed by atoms with Crippen molar-refractivity contribution in [3.8, 4) is 0 Å². The smallest absolute Gasteiger partial charge is 0.252 e. The van der Waals surface area contributed by atoms with Crippen LogP contribution in [0, 0.1) is 5.41 Å². The third-order valence-corrected chi connectivity index (χ3v) is 5.44. The van der Waals surface area contributed by atoms with Gasteiger partial charge in [-0.15, -0.1) is 0 Å². The Hall–Kier alpha value is -0.920. The molecule has 1 aliphatic rings. The number of benzene rings is 1. The number of carbonyl (C=O) groups is 1. The van der Waals surface area contributed by atoms with Gasteiger partial charge in [0, 0.05) is 11.0 Å². The minimum absolute atomic E-state index is 0.0672. The lowest BCUT2D eigenvalue weighted by Crippen LogP contribution is -2.30. The van der Waals surface area contributed by atoms with Crippen molar-refractivity contribution in [3.05, 3.63) is 28.2 Å². The molecule has 1 aromatic carbocycles. The molecular weight excluding hydrogens is 344 g/mol. The Labute approximate surface area is 127 Å². The zero-order valence-corrected chi connectivity index (χ0v) is 13.6. The van der Waals surface area contributed by atoms with Crippen LogP contribution in [0.2, 0.25) is 0 Å². The molecule has 1 saturated carbocycles. The third-order valence-electron chi connectivity index (χ3n) is 3.84. The van der Waals surface area contributed by atoms with Crippen LogP contribution in [0.5, 0.6) is 0 Å². The van der Waals surface area contributed by atoms with Gasteiger partial charge >= 0.3 is 0 Å². The Morgan fingerprint density at radius 3 is 2.60 bits per heavy atom. The molecule has 2 rings (SSSR count). The third kappa shape index (κ3) is 3.39. The molecular formula is C13H17BrN2O3S. The van der Waals surface area contributed by atoms with Crippen molar-refractivity contribution in [2.75, 3.05) is 6.54 Å². The van der Waals surface area contributed by atoms with Crippen molar-refractivity contribution >= 4 is 31.9 Å². The minimum atomic E-state index is -3.81. The number of amides is 1. The molecule has 110 valence electrons. The summed E-state index contributed by atoms with van der Waals surface area (Å²) in [5.74, 6) is -0.290. The number of carbonyl (C=O) groups excluding carboxylic acids is 1. The van der Waals surface area contributed by atoms with E-state index in [0.29, 0.717) is 11.0 Å². The van der Waals surface area contributed by atoms with Crippen molar-refractivity contribution in [2.45, 2.75) is 31.1 Å². The zero-order chi connectivity index (χ0) is 15.0. The molecule has 1 aliphatic carbocycles. The number of hydrogen-bond acceptors (Lipinski definition) is 3.